The van der Waals surface area contributed by atoms with Crippen molar-refractivity contribution in [3.8, 4) is 0 Å². The van der Waals surface area contributed by atoms with E-state index < -0.39 is 0 Å². The second-order valence-corrected chi connectivity index (χ2v) is 7.45. The predicted octanol–water partition coefficient (Wildman–Crippen LogP) is 2.93. The molecule has 2 atom stereocenters. The molecule has 122 valence electrons. The average Bonchev–Trinajstić information content (AvgIpc) is 3.19. The lowest BCUT2D eigenvalue weighted by molar-refractivity contribution is -0.125. The monoisotopic (exact) mass is 321 g/mol. The van der Waals surface area contributed by atoms with E-state index in [0.717, 1.165) is 26.0 Å². The summed E-state index contributed by atoms with van der Waals surface area (Å²) < 4.78 is 5.94. The van der Waals surface area contributed by atoms with E-state index in [0.29, 0.717) is 23.5 Å². The zero-order valence-corrected chi connectivity index (χ0v) is 14.2. The molecule has 2 saturated carbocycles. The fraction of sp³-hybridized carbons (Fsp3) is 0.706. The van der Waals surface area contributed by atoms with Gasteiger partial charge < -0.3 is 15.8 Å². The van der Waals surface area contributed by atoms with Gasteiger partial charge in [0.05, 0.1) is 6.10 Å². The second-order valence-electron chi connectivity index (χ2n) is 6.41. The summed E-state index contributed by atoms with van der Waals surface area (Å²) in [7, 11) is 0. The van der Waals surface area contributed by atoms with E-state index in [2.05, 4.69) is 34.7 Å². The van der Waals surface area contributed by atoms with Gasteiger partial charge in [0.1, 0.15) is 0 Å². The van der Waals surface area contributed by atoms with Crippen molar-refractivity contribution < 1.29 is 4.74 Å². The van der Waals surface area contributed by atoms with Crippen LogP contribution < -0.4 is 11.1 Å². The van der Waals surface area contributed by atoms with Crippen LogP contribution in [0.2, 0.25) is 0 Å². The highest BCUT2D eigenvalue weighted by atomic mass is 32.1. The Hall–Kier alpha value is -1.07. The first kappa shape index (κ1) is 15.8. The van der Waals surface area contributed by atoms with Gasteiger partial charge in [-0.15, -0.1) is 11.3 Å². The van der Waals surface area contributed by atoms with Crippen LogP contribution in [-0.4, -0.2) is 31.3 Å². The van der Waals surface area contributed by atoms with Crippen molar-refractivity contribution in [1.82, 2.24) is 5.32 Å². The van der Waals surface area contributed by atoms with Crippen molar-refractivity contribution in [3.63, 3.8) is 0 Å². The van der Waals surface area contributed by atoms with Crippen LogP contribution >= 0.6 is 11.3 Å². The minimum absolute atomic E-state index is 0.309. The zero-order chi connectivity index (χ0) is 15.4. The van der Waals surface area contributed by atoms with Gasteiger partial charge in [-0.2, -0.15) is 0 Å². The number of thiophene rings is 1. The normalized spacial score (nSPS) is 27.0. The van der Waals surface area contributed by atoms with E-state index in [4.69, 9.17) is 10.5 Å². The van der Waals surface area contributed by atoms with Crippen molar-refractivity contribution in [2.45, 2.75) is 57.6 Å². The quantitative estimate of drug-likeness (QED) is 0.625. The largest absolute Gasteiger partial charge is 0.378 e. The maximum absolute atomic E-state index is 6.10. The molecular formula is C17H27N3OS. The van der Waals surface area contributed by atoms with Crippen molar-refractivity contribution in [1.29, 1.82) is 0 Å². The minimum atomic E-state index is 0.309. The van der Waals surface area contributed by atoms with E-state index in [1.165, 1.54) is 30.6 Å². The maximum atomic E-state index is 6.10. The molecule has 22 heavy (non-hydrogen) atoms. The summed E-state index contributed by atoms with van der Waals surface area (Å²) in [6.45, 7) is 3.65. The Bertz CT molecular complexity index is 494. The van der Waals surface area contributed by atoms with E-state index in [1.807, 2.05) is 0 Å². The molecule has 2 aliphatic rings. The summed E-state index contributed by atoms with van der Waals surface area (Å²) in [5, 5.41) is 5.57. The average molecular weight is 321 g/mol. The lowest BCUT2D eigenvalue weighted by Crippen LogP contribution is -2.64. The SMILES string of the molecule is CCOC1CC(NC(N)=NCCc2cccs2)C12CCCC2. The molecule has 2 fully saturated rings. The van der Waals surface area contributed by atoms with Crippen LogP contribution in [0, 0.1) is 5.41 Å². The van der Waals surface area contributed by atoms with Crippen LogP contribution in [0.25, 0.3) is 0 Å². The summed E-state index contributed by atoms with van der Waals surface area (Å²) in [6.07, 6.45) is 7.60. The first-order valence-corrected chi connectivity index (χ1v) is 9.33. The predicted molar refractivity (Wildman–Crippen MR) is 92.4 cm³/mol. The molecule has 4 nitrogen and oxygen atoms in total. The minimum Gasteiger partial charge on any atom is -0.378 e. The van der Waals surface area contributed by atoms with Gasteiger partial charge >= 0.3 is 0 Å². The highest BCUT2D eigenvalue weighted by molar-refractivity contribution is 7.09. The number of nitrogens with one attached hydrogen (secondary N) is 1. The van der Waals surface area contributed by atoms with Crippen LogP contribution in [0.4, 0.5) is 0 Å². The molecule has 1 spiro atoms. The molecule has 1 aromatic rings. The number of rotatable bonds is 6. The Labute approximate surface area is 137 Å². The summed E-state index contributed by atoms with van der Waals surface area (Å²) >= 11 is 1.78. The first-order valence-electron chi connectivity index (χ1n) is 8.45. The van der Waals surface area contributed by atoms with Crippen molar-refractivity contribution in [2.75, 3.05) is 13.2 Å². The summed E-state index contributed by atoms with van der Waals surface area (Å²) in [5.41, 5.74) is 6.40. The van der Waals surface area contributed by atoms with Gasteiger partial charge in [-0.3, -0.25) is 4.99 Å². The molecule has 2 unspecified atom stereocenters. The maximum Gasteiger partial charge on any atom is 0.188 e. The smallest absolute Gasteiger partial charge is 0.188 e. The van der Waals surface area contributed by atoms with Crippen molar-refractivity contribution in [2.24, 2.45) is 16.1 Å². The lowest BCUT2D eigenvalue weighted by Gasteiger charge is -2.54. The van der Waals surface area contributed by atoms with Crippen LogP contribution in [-0.2, 0) is 11.2 Å². The Morgan fingerprint density at radius 3 is 3.00 bits per heavy atom. The Morgan fingerprint density at radius 1 is 1.50 bits per heavy atom. The molecule has 3 rings (SSSR count). The summed E-state index contributed by atoms with van der Waals surface area (Å²) in [4.78, 5) is 5.86. The van der Waals surface area contributed by atoms with Crippen LogP contribution in [0.1, 0.15) is 43.9 Å². The molecule has 0 radical (unpaired) electrons. The van der Waals surface area contributed by atoms with E-state index in [1.54, 1.807) is 11.3 Å². The molecule has 0 saturated heterocycles. The Morgan fingerprint density at radius 2 is 2.32 bits per heavy atom. The Balaban J connectivity index is 1.51. The number of aliphatic imine (C=N–C) groups is 1. The zero-order valence-electron chi connectivity index (χ0n) is 13.4. The molecule has 5 heteroatoms. The second kappa shape index (κ2) is 7.01. The molecule has 0 aliphatic heterocycles. The molecular weight excluding hydrogens is 294 g/mol. The Kier molecular flexibility index (Phi) is 5.03. The van der Waals surface area contributed by atoms with Gasteiger partial charge in [0.2, 0.25) is 0 Å². The number of ether oxygens (including phenoxy) is 1. The highest BCUT2D eigenvalue weighted by Gasteiger charge is 2.56. The van der Waals surface area contributed by atoms with Gasteiger partial charge in [-0.05, 0) is 37.6 Å². The first-order chi connectivity index (χ1) is 10.7. The fourth-order valence-corrected chi connectivity index (χ4v) is 4.75. The third-order valence-electron chi connectivity index (χ3n) is 5.23. The van der Waals surface area contributed by atoms with Crippen LogP contribution in [0.3, 0.4) is 0 Å². The standard InChI is InChI=1S/C17H27N3OS/c1-2-21-15-12-14(17(15)8-3-4-9-17)20-16(18)19-10-7-13-6-5-11-22-13/h5-6,11,14-15H,2-4,7-10,12H2,1H3,(H3,18,19,20). The van der Waals surface area contributed by atoms with Gasteiger partial charge in [-0.1, -0.05) is 18.9 Å². The van der Waals surface area contributed by atoms with Crippen LogP contribution in [0.5, 0.6) is 0 Å². The third kappa shape index (κ3) is 3.15. The number of hydrogen-bond donors (Lipinski definition) is 2. The molecule has 3 N–H and O–H groups in total. The molecule has 0 bridgehead atoms. The van der Waals surface area contributed by atoms with E-state index >= 15 is 0 Å². The highest BCUT2D eigenvalue weighted by Crippen LogP contribution is 2.54. The van der Waals surface area contributed by atoms with Gasteiger partial charge in [0, 0.05) is 35.9 Å². The molecule has 1 heterocycles. The van der Waals surface area contributed by atoms with Crippen molar-refractivity contribution in [3.05, 3.63) is 22.4 Å². The number of guanidine groups is 1. The molecule has 2 aliphatic carbocycles. The summed E-state index contributed by atoms with van der Waals surface area (Å²) in [6, 6.07) is 4.67. The van der Waals surface area contributed by atoms with Crippen molar-refractivity contribution >= 4 is 17.3 Å². The number of nitrogens with two attached hydrogens (primary N) is 1. The van der Waals surface area contributed by atoms with Gasteiger partial charge in [0.15, 0.2) is 5.96 Å². The van der Waals surface area contributed by atoms with E-state index in [-0.39, 0.29) is 0 Å². The summed E-state index contributed by atoms with van der Waals surface area (Å²) in [5.74, 6) is 0.600. The van der Waals surface area contributed by atoms with Gasteiger partial charge in [-0.25, -0.2) is 0 Å². The third-order valence-corrected chi connectivity index (χ3v) is 6.17. The molecule has 0 aromatic carbocycles. The number of hydrogen-bond acceptors (Lipinski definition) is 3. The fourth-order valence-electron chi connectivity index (χ4n) is 4.05. The lowest BCUT2D eigenvalue weighted by atomic mass is 9.60. The van der Waals surface area contributed by atoms with E-state index in [9.17, 15) is 0 Å². The molecule has 0 amide bonds. The van der Waals surface area contributed by atoms with Gasteiger partial charge in [0.25, 0.3) is 0 Å². The molecule has 1 aromatic heterocycles. The van der Waals surface area contributed by atoms with Crippen LogP contribution in [0.15, 0.2) is 22.5 Å². The topological polar surface area (TPSA) is 59.6 Å². The number of nitrogens with zero attached hydrogens (tertiary/aromatic N) is 1.